The topological polar surface area (TPSA) is 118 Å². The molecule has 0 bridgehead atoms. The Morgan fingerprint density at radius 2 is 1.50 bits per heavy atom. The van der Waals surface area contributed by atoms with Crippen LogP contribution in [0.3, 0.4) is 0 Å². The van der Waals surface area contributed by atoms with E-state index < -0.39 is 5.66 Å². The minimum atomic E-state index is -0.838. The van der Waals surface area contributed by atoms with Crippen molar-refractivity contribution in [3.63, 3.8) is 0 Å². The molecule has 268 valence electrons. The lowest BCUT2D eigenvalue weighted by Crippen LogP contribution is -2.58. The number of hydrogen-bond donors (Lipinski definition) is 5. The Bertz CT molecular complexity index is 1900. The zero-order valence-corrected chi connectivity index (χ0v) is 30.9. The summed E-state index contributed by atoms with van der Waals surface area (Å²) in [6.07, 6.45) is 33.0. The number of benzene rings is 2. The highest BCUT2D eigenvalue weighted by Gasteiger charge is 2.33. The minimum absolute atomic E-state index is 0.303. The maximum Gasteiger partial charge on any atom is 0.232 e. The van der Waals surface area contributed by atoms with E-state index in [0.717, 1.165) is 44.9 Å². The highest BCUT2D eigenvalue weighted by Crippen LogP contribution is 2.24. The maximum atomic E-state index is 6.37. The van der Waals surface area contributed by atoms with E-state index in [1.807, 2.05) is 143 Å². The molecule has 3 aromatic rings. The van der Waals surface area contributed by atoms with Gasteiger partial charge in [0.2, 0.25) is 5.69 Å². The molecule has 2 unspecified atom stereocenters. The van der Waals surface area contributed by atoms with E-state index in [-0.39, 0.29) is 6.04 Å². The van der Waals surface area contributed by atoms with Crippen LogP contribution < -0.4 is 32.6 Å². The SMILES string of the molecule is C=CC(/C=C/c1ccc(N)cc1)=C\CC(C=C(/C=C\C(NC)(NC(C=C)c1cccc[n+]1N)C(/C=C\C=C/C)=C\C)/C=C/c1ccc(N)cc1)=NC. The fraction of sp³-hybridized carbons (Fsp3) is 0.156. The third-order valence-corrected chi connectivity index (χ3v) is 8.34. The summed E-state index contributed by atoms with van der Waals surface area (Å²) in [6.45, 7) is 12.2. The van der Waals surface area contributed by atoms with Crippen LogP contribution in [0.5, 0.6) is 0 Å². The number of aliphatic imine (C=N–C) groups is 1. The number of hydrogen-bond acceptors (Lipinski definition) is 6. The first-order chi connectivity index (χ1) is 25.2. The third kappa shape index (κ3) is 12.4. The molecule has 7 heteroatoms. The van der Waals surface area contributed by atoms with Crippen molar-refractivity contribution in [3.05, 3.63) is 199 Å². The predicted molar refractivity (Wildman–Crippen MR) is 226 cm³/mol. The Labute approximate surface area is 310 Å². The molecular formula is C45H54N7+. The summed E-state index contributed by atoms with van der Waals surface area (Å²) in [7, 11) is 3.74. The molecule has 2 atom stereocenters. The van der Waals surface area contributed by atoms with Crippen LogP contribution in [0.4, 0.5) is 11.4 Å². The first-order valence-corrected chi connectivity index (χ1v) is 17.3. The van der Waals surface area contributed by atoms with Crippen molar-refractivity contribution in [1.29, 1.82) is 0 Å². The molecule has 1 heterocycles. The maximum absolute atomic E-state index is 6.37. The minimum Gasteiger partial charge on any atom is -0.399 e. The van der Waals surface area contributed by atoms with Crippen LogP contribution in [-0.4, -0.2) is 25.5 Å². The molecule has 52 heavy (non-hydrogen) atoms. The van der Waals surface area contributed by atoms with Crippen LogP contribution in [0.1, 0.15) is 43.1 Å². The number of nitrogens with two attached hydrogens (primary N) is 3. The number of allylic oxidation sites excluding steroid dienone is 12. The highest BCUT2D eigenvalue weighted by atomic mass is 15.3. The molecule has 0 radical (unpaired) electrons. The number of anilines is 2. The summed E-state index contributed by atoms with van der Waals surface area (Å²) in [5.41, 5.74) is 19.2. The van der Waals surface area contributed by atoms with Gasteiger partial charge >= 0.3 is 0 Å². The van der Waals surface area contributed by atoms with Gasteiger partial charge in [-0.05, 0) is 91.2 Å². The summed E-state index contributed by atoms with van der Waals surface area (Å²) in [5.74, 6) is 6.37. The Balaban J connectivity index is 2.11. The molecule has 8 N–H and O–H groups in total. The summed E-state index contributed by atoms with van der Waals surface area (Å²) in [5, 5.41) is 7.35. The first kappa shape index (κ1) is 40.4. The van der Waals surface area contributed by atoms with Crippen LogP contribution >= 0.6 is 0 Å². The van der Waals surface area contributed by atoms with E-state index in [9.17, 15) is 0 Å². The lowest BCUT2D eigenvalue weighted by atomic mass is 9.94. The first-order valence-electron chi connectivity index (χ1n) is 17.3. The smallest absolute Gasteiger partial charge is 0.232 e. The number of nitrogens with one attached hydrogen (secondary N) is 2. The van der Waals surface area contributed by atoms with Gasteiger partial charge in [0.15, 0.2) is 6.20 Å². The molecule has 0 fully saturated rings. The molecule has 0 aliphatic carbocycles. The van der Waals surface area contributed by atoms with Crippen molar-refractivity contribution in [2.45, 2.75) is 32.0 Å². The Morgan fingerprint density at radius 3 is 2.02 bits per heavy atom. The average Bonchev–Trinajstić information content (AvgIpc) is 3.17. The Morgan fingerprint density at radius 1 is 0.865 bits per heavy atom. The Kier molecular flexibility index (Phi) is 16.5. The summed E-state index contributed by atoms with van der Waals surface area (Å²) in [4.78, 5) is 4.65. The number of nitrogen functional groups attached to an aromatic ring is 3. The predicted octanol–water partition coefficient (Wildman–Crippen LogP) is 8.15. The number of rotatable bonds is 18. The monoisotopic (exact) mass is 692 g/mol. The standard InChI is InChI=1S/C45H54N7/c1-7-11-12-15-39(9-3)45(50-6,51-43(10-4)44-16-13-14-33-52(44)48)32-31-38(20-19-37-23-28-41(47)29-24-37)34-42(49-5)30-25-35(8-2)17-18-36-21-26-40(46)27-22-36/h7-29,31-34,43,50-51H,2,4,30,46-48H2,1,3,5-6H3/q+1/b11-7-,15-12-,18-17+,20-19+,32-31-,35-25+,38-34?,39-9-,49-42?. The van der Waals surface area contributed by atoms with Crippen LogP contribution in [0.15, 0.2) is 187 Å². The second kappa shape index (κ2) is 21.3. The van der Waals surface area contributed by atoms with Gasteiger partial charge in [-0.1, -0.05) is 115 Å². The van der Waals surface area contributed by atoms with E-state index in [4.69, 9.17) is 17.3 Å². The lowest BCUT2D eigenvalue weighted by Gasteiger charge is -2.35. The van der Waals surface area contributed by atoms with Crippen LogP contribution in [0.2, 0.25) is 0 Å². The van der Waals surface area contributed by atoms with Crippen molar-refractivity contribution >= 4 is 29.2 Å². The molecule has 3 rings (SSSR count). The van der Waals surface area contributed by atoms with Gasteiger partial charge in [-0.25, -0.2) is 5.84 Å². The van der Waals surface area contributed by atoms with E-state index in [1.165, 1.54) is 0 Å². The van der Waals surface area contributed by atoms with Gasteiger partial charge in [0.05, 0.1) is 0 Å². The zero-order valence-electron chi connectivity index (χ0n) is 30.9. The van der Waals surface area contributed by atoms with Gasteiger partial charge in [0.1, 0.15) is 11.7 Å². The van der Waals surface area contributed by atoms with Crippen molar-refractivity contribution in [3.8, 4) is 0 Å². The molecule has 0 aliphatic heterocycles. The molecule has 0 saturated carbocycles. The fourth-order valence-electron chi connectivity index (χ4n) is 5.31. The molecule has 1 aromatic heterocycles. The molecule has 0 spiro atoms. The fourth-order valence-corrected chi connectivity index (χ4v) is 5.31. The molecule has 7 nitrogen and oxygen atoms in total. The van der Waals surface area contributed by atoms with E-state index in [1.54, 1.807) is 4.68 Å². The van der Waals surface area contributed by atoms with Gasteiger partial charge in [0, 0.05) is 42.7 Å². The number of nitrogens with zero attached hydrogens (tertiary/aromatic N) is 2. The quantitative estimate of drug-likeness (QED) is 0.0175. The summed E-state index contributed by atoms with van der Waals surface area (Å²) in [6, 6.07) is 21.1. The van der Waals surface area contributed by atoms with Gasteiger partial charge in [0.25, 0.3) is 0 Å². The lowest BCUT2D eigenvalue weighted by molar-refractivity contribution is -0.648. The third-order valence-electron chi connectivity index (χ3n) is 8.34. The molecule has 2 aromatic carbocycles. The zero-order chi connectivity index (χ0) is 37.8. The highest BCUT2D eigenvalue weighted by molar-refractivity contribution is 5.97. The van der Waals surface area contributed by atoms with Crippen LogP contribution in [0.25, 0.3) is 12.2 Å². The van der Waals surface area contributed by atoms with Crippen molar-refractivity contribution in [1.82, 2.24) is 10.6 Å². The summed E-state index contributed by atoms with van der Waals surface area (Å²) >= 11 is 0. The van der Waals surface area contributed by atoms with Gasteiger partial charge in [-0.15, -0.1) is 6.58 Å². The van der Waals surface area contributed by atoms with Crippen molar-refractivity contribution in [2.24, 2.45) is 4.99 Å². The molecular weight excluding hydrogens is 639 g/mol. The number of likely N-dealkylation sites (N-methyl/N-ethyl adjacent to an activating group) is 1. The molecule has 0 amide bonds. The molecule has 0 aliphatic rings. The van der Waals surface area contributed by atoms with Gasteiger partial charge in [-0.3, -0.25) is 15.6 Å². The van der Waals surface area contributed by atoms with E-state index >= 15 is 0 Å². The van der Waals surface area contributed by atoms with Crippen LogP contribution in [-0.2, 0) is 0 Å². The second-order valence-corrected chi connectivity index (χ2v) is 11.9. The molecule has 0 saturated heterocycles. The second-order valence-electron chi connectivity index (χ2n) is 11.9. The van der Waals surface area contributed by atoms with Gasteiger partial charge in [-0.2, -0.15) is 0 Å². The average molecular weight is 693 g/mol. The number of pyridine rings is 1. The van der Waals surface area contributed by atoms with Crippen molar-refractivity contribution < 1.29 is 4.68 Å². The van der Waals surface area contributed by atoms with Crippen molar-refractivity contribution in [2.75, 3.05) is 31.4 Å². The Hall–Kier alpha value is -6.02. The van der Waals surface area contributed by atoms with E-state index in [2.05, 4.69) is 77.4 Å². The normalized spacial score (nSPS) is 15.3. The number of aromatic nitrogens is 1. The van der Waals surface area contributed by atoms with Gasteiger partial charge < -0.3 is 11.5 Å². The summed E-state index contributed by atoms with van der Waals surface area (Å²) < 4.78 is 1.61. The van der Waals surface area contributed by atoms with E-state index in [0.29, 0.717) is 12.1 Å². The largest absolute Gasteiger partial charge is 0.399 e. The van der Waals surface area contributed by atoms with Crippen LogP contribution in [0, 0.1) is 0 Å².